The van der Waals surface area contributed by atoms with Crippen LogP contribution in [0.1, 0.15) is 20.7 Å². The minimum atomic E-state index is -0.867. The lowest BCUT2D eigenvalue weighted by Gasteiger charge is -2.06. The molecule has 0 aliphatic rings. The normalized spacial score (nSPS) is 10.2. The van der Waals surface area contributed by atoms with E-state index in [1.54, 1.807) is 0 Å². The van der Waals surface area contributed by atoms with Crippen LogP contribution in [0.25, 0.3) is 0 Å². The third kappa shape index (κ3) is 3.79. The second-order valence-corrected chi connectivity index (χ2v) is 4.61. The number of phenols is 1. The molecule has 21 heavy (non-hydrogen) atoms. The molecule has 0 saturated carbocycles. The van der Waals surface area contributed by atoms with E-state index in [4.69, 9.17) is 16.3 Å². The highest BCUT2D eigenvalue weighted by Crippen LogP contribution is 2.22. The highest BCUT2D eigenvalue weighted by molar-refractivity contribution is 6.30. The average Bonchev–Trinajstić information content (AvgIpc) is 2.44. The molecule has 4 nitrogen and oxygen atoms in total. The monoisotopic (exact) mass is 308 g/mol. The summed E-state index contributed by atoms with van der Waals surface area (Å²) < 4.78 is 17.8. The maximum Gasteiger partial charge on any atom is 0.342 e. The van der Waals surface area contributed by atoms with Crippen LogP contribution < -0.4 is 0 Å². The summed E-state index contributed by atoms with van der Waals surface area (Å²) in [4.78, 5) is 23.5. The molecule has 0 radical (unpaired) electrons. The van der Waals surface area contributed by atoms with E-state index >= 15 is 0 Å². The molecule has 0 heterocycles. The van der Waals surface area contributed by atoms with Gasteiger partial charge in [0, 0.05) is 10.6 Å². The summed E-state index contributed by atoms with van der Waals surface area (Å²) in [6.07, 6.45) is 0. The van der Waals surface area contributed by atoms with E-state index in [0.29, 0.717) is 0 Å². The highest BCUT2D eigenvalue weighted by atomic mass is 35.5. The van der Waals surface area contributed by atoms with Crippen LogP contribution in [-0.2, 0) is 4.74 Å². The lowest BCUT2D eigenvalue weighted by atomic mass is 10.1. The molecule has 2 aromatic carbocycles. The van der Waals surface area contributed by atoms with Crippen molar-refractivity contribution >= 4 is 23.4 Å². The van der Waals surface area contributed by atoms with Gasteiger partial charge in [0.2, 0.25) is 0 Å². The Morgan fingerprint density at radius 3 is 2.62 bits per heavy atom. The van der Waals surface area contributed by atoms with Gasteiger partial charge in [0.1, 0.15) is 17.1 Å². The molecule has 0 aliphatic heterocycles. The number of halogens is 2. The zero-order valence-corrected chi connectivity index (χ0v) is 11.4. The minimum absolute atomic E-state index is 0.100. The van der Waals surface area contributed by atoms with Gasteiger partial charge in [-0.25, -0.2) is 9.18 Å². The molecule has 108 valence electrons. The summed E-state index contributed by atoms with van der Waals surface area (Å²) in [6, 6.07) is 8.93. The van der Waals surface area contributed by atoms with E-state index in [2.05, 4.69) is 0 Å². The Labute approximate surface area is 124 Å². The zero-order valence-electron chi connectivity index (χ0n) is 10.7. The number of benzene rings is 2. The predicted molar refractivity (Wildman–Crippen MR) is 74.1 cm³/mol. The van der Waals surface area contributed by atoms with E-state index in [1.807, 2.05) is 0 Å². The molecule has 6 heteroatoms. The van der Waals surface area contributed by atoms with Gasteiger partial charge < -0.3 is 9.84 Å². The third-order valence-electron chi connectivity index (χ3n) is 2.66. The molecule has 0 bridgehead atoms. The number of ketones is 1. The summed E-state index contributed by atoms with van der Waals surface area (Å²) in [5, 5.41) is 9.82. The first-order valence-corrected chi connectivity index (χ1v) is 6.29. The van der Waals surface area contributed by atoms with Crippen LogP contribution in [0.5, 0.6) is 5.75 Å². The third-order valence-corrected chi connectivity index (χ3v) is 2.90. The van der Waals surface area contributed by atoms with Crippen molar-refractivity contribution in [3.05, 3.63) is 64.4 Å². The Bertz CT molecular complexity index is 700. The number of phenolic OH excluding ortho intramolecular Hbond substituents is 1. The Kier molecular flexibility index (Phi) is 4.55. The standard InChI is InChI=1S/C15H10ClFO4/c16-10-4-5-12(13(18)7-10)15(20)21-8-14(19)9-2-1-3-11(17)6-9/h1-7,18H,8H2. The molecule has 0 spiro atoms. The minimum Gasteiger partial charge on any atom is -0.507 e. The first-order chi connectivity index (χ1) is 9.97. The lowest BCUT2D eigenvalue weighted by Crippen LogP contribution is -2.14. The van der Waals surface area contributed by atoms with E-state index in [-0.39, 0.29) is 21.9 Å². The number of Topliss-reactive ketones (excluding diaryl/α,β-unsaturated/α-hetero) is 1. The van der Waals surface area contributed by atoms with E-state index in [9.17, 15) is 19.1 Å². The van der Waals surface area contributed by atoms with Gasteiger partial charge in [-0.05, 0) is 30.3 Å². The molecule has 0 fully saturated rings. The largest absolute Gasteiger partial charge is 0.507 e. The van der Waals surface area contributed by atoms with Gasteiger partial charge in [-0.2, -0.15) is 0 Å². The molecular weight excluding hydrogens is 299 g/mol. The van der Waals surface area contributed by atoms with Crippen LogP contribution >= 0.6 is 11.6 Å². The van der Waals surface area contributed by atoms with Gasteiger partial charge in [0.15, 0.2) is 12.4 Å². The Hall–Kier alpha value is -2.40. The van der Waals surface area contributed by atoms with Crippen molar-refractivity contribution in [1.82, 2.24) is 0 Å². The van der Waals surface area contributed by atoms with Crippen LogP contribution in [0, 0.1) is 5.82 Å². The zero-order chi connectivity index (χ0) is 15.4. The Balaban J connectivity index is 2.02. The number of esters is 1. The Morgan fingerprint density at radius 2 is 1.95 bits per heavy atom. The highest BCUT2D eigenvalue weighted by Gasteiger charge is 2.15. The smallest absolute Gasteiger partial charge is 0.342 e. The van der Waals surface area contributed by atoms with Crippen molar-refractivity contribution < 1.29 is 23.8 Å². The number of rotatable bonds is 4. The molecule has 2 rings (SSSR count). The summed E-state index contributed by atoms with van der Waals surface area (Å²) in [7, 11) is 0. The summed E-state index contributed by atoms with van der Waals surface area (Å²) >= 11 is 5.64. The van der Waals surface area contributed by atoms with Gasteiger partial charge in [0.25, 0.3) is 0 Å². The second kappa shape index (κ2) is 6.37. The molecule has 0 aliphatic carbocycles. The SMILES string of the molecule is O=C(COC(=O)c1ccc(Cl)cc1O)c1cccc(F)c1. The summed E-state index contributed by atoms with van der Waals surface area (Å²) in [5.41, 5.74) is -0.00503. The fourth-order valence-electron chi connectivity index (χ4n) is 1.63. The van der Waals surface area contributed by atoms with Crippen LogP contribution in [0.4, 0.5) is 4.39 Å². The number of aromatic hydroxyl groups is 1. The quantitative estimate of drug-likeness (QED) is 0.696. The van der Waals surface area contributed by atoms with Crippen LogP contribution in [0.3, 0.4) is 0 Å². The van der Waals surface area contributed by atoms with Gasteiger partial charge in [-0.3, -0.25) is 4.79 Å². The van der Waals surface area contributed by atoms with Crippen LogP contribution in [-0.4, -0.2) is 23.5 Å². The van der Waals surface area contributed by atoms with Gasteiger partial charge >= 0.3 is 5.97 Å². The maximum atomic E-state index is 13.0. The molecule has 0 saturated heterocycles. The first kappa shape index (κ1) is 15.0. The molecule has 0 atom stereocenters. The molecular formula is C15H10ClFO4. The summed E-state index contributed by atoms with van der Waals surface area (Å²) in [6.45, 7) is -0.551. The lowest BCUT2D eigenvalue weighted by molar-refractivity contribution is 0.0472. The molecule has 0 amide bonds. The van der Waals surface area contributed by atoms with E-state index in [0.717, 1.165) is 6.07 Å². The van der Waals surface area contributed by atoms with E-state index in [1.165, 1.54) is 36.4 Å². The number of carbonyl (C=O) groups excluding carboxylic acids is 2. The second-order valence-electron chi connectivity index (χ2n) is 4.17. The van der Waals surface area contributed by atoms with Crippen molar-refractivity contribution in [3.63, 3.8) is 0 Å². The Morgan fingerprint density at radius 1 is 1.19 bits per heavy atom. The van der Waals surface area contributed by atoms with Gasteiger partial charge in [-0.15, -0.1) is 0 Å². The van der Waals surface area contributed by atoms with Crippen molar-refractivity contribution in [2.24, 2.45) is 0 Å². The van der Waals surface area contributed by atoms with Crippen molar-refractivity contribution in [2.75, 3.05) is 6.61 Å². The number of carbonyl (C=O) groups is 2. The molecule has 2 aromatic rings. The van der Waals surface area contributed by atoms with E-state index < -0.39 is 24.2 Å². The number of hydrogen-bond acceptors (Lipinski definition) is 4. The topological polar surface area (TPSA) is 63.6 Å². The predicted octanol–water partition coefficient (Wildman–Crippen LogP) is 3.22. The molecule has 0 aromatic heterocycles. The van der Waals surface area contributed by atoms with Crippen molar-refractivity contribution in [1.29, 1.82) is 0 Å². The molecule has 0 unspecified atom stereocenters. The fourth-order valence-corrected chi connectivity index (χ4v) is 1.80. The number of hydrogen-bond donors (Lipinski definition) is 1. The first-order valence-electron chi connectivity index (χ1n) is 5.92. The summed E-state index contributed by atoms with van der Waals surface area (Å²) in [5.74, 6) is -2.31. The maximum absolute atomic E-state index is 13.0. The number of ether oxygens (including phenoxy) is 1. The van der Waals surface area contributed by atoms with Gasteiger partial charge in [0.05, 0.1) is 0 Å². The molecule has 1 N–H and O–H groups in total. The van der Waals surface area contributed by atoms with Crippen LogP contribution in [0.2, 0.25) is 5.02 Å². The van der Waals surface area contributed by atoms with Crippen molar-refractivity contribution in [2.45, 2.75) is 0 Å². The average molecular weight is 309 g/mol. The van der Waals surface area contributed by atoms with Gasteiger partial charge in [-0.1, -0.05) is 23.7 Å². The van der Waals surface area contributed by atoms with Crippen molar-refractivity contribution in [3.8, 4) is 5.75 Å². The fraction of sp³-hybridized carbons (Fsp3) is 0.0667. The van der Waals surface area contributed by atoms with Crippen LogP contribution in [0.15, 0.2) is 42.5 Å².